The van der Waals surface area contributed by atoms with Crippen molar-refractivity contribution < 1.29 is 13.9 Å². The van der Waals surface area contributed by atoms with Gasteiger partial charge in [0.15, 0.2) is 0 Å². The summed E-state index contributed by atoms with van der Waals surface area (Å²) in [5, 5.41) is 4.77. The van der Waals surface area contributed by atoms with E-state index in [2.05, 4.69) is 25.7 Å². The first-order chi connectivity index (χ1) is 15.7. The van der Waals surface area contributed by atoms with Crippen molar-refractivity contribution in [1.29, 1.82) is 0 Å². The molecule has 5 nitrogen and oxygen atoms in total. The summed E-state index contributed by atoms with van der Waals surface area (Å²) in [6.07, 6.45) is 3.18. The maximum absolute atomic E-state index is 13.9. The summed E-state index contributed by atoms with van der Waals surface area (Å²) in [4.78, 5) is 16.0. The zero-order chi connectivity index (χ0) is 23.4. The molecule has 0 N–H and O–H groups in total. The molecule has 5 rings (SSSR count). The summed E-state index contributed by atoms with van der Waals surface area (Å²) in [6.45, 7) is 7.68. The number of carbonyl (C=O) groups excluding carboxylic acids is 1. The monoisotopic (exact) mass is 447 g/mol. The van der Waals surface area contributed by atoms with Crippen LogP contribution in [0.1, 0.15) is 50.5 Å². The fourth-order valence-corrected chi connectivity index (χ4v) is 6.06. The minimum atomic E-state index is -0.301. The van der Waals surface area contributed by atoms with Crippen molar-refractivity contribution in [3.05, 3.63) is 66.1 Å². The first-order valence-corrected chi connectivity index (χ1v) is 11.5. The second-order valence-electron chi connectivity index (χ2n) is 10.7. The van der Waals surface area contributed by atoms with Crippen LogP contribution in [-0.2, 0) is 0 Å². The van der Waals surface area contributed by atoms with Crippen LogP contribution in [-0.4, -0.2) is 40.3 Å². The molecule has 2 fully saturated rings. The number of fused-ring (bicyclic) bond motifs is 2. The molecule has 1 aliphatic heterocycles. The molecule has 0 spiro atoms. The Morgan fingerprint density at radius 1 is 1.06 bits per heavy atom. The van der Waals surface area contributed by atoms with Crippen molar-refractivity contribution in [2.75, 3.05) is 13.7 Å². The first-order valence-electron chi connectivity index (χ1n) is 11.5. The van der Waals surface area contributed by atoms with Crippen molar-refractivity contribution in [3.8, 4) is 22.7 Å². The minimum Gasteiger partial charge on any atom is -0.497 e. The molecule has 6 heteroatoms. The van der Waals surface area contributed by atoms with Gasteiger partial charge >= 0.3 is 0 Å². The predicted octanol–water partition coefficient (Wildman–Crippen LogP) is 5.73. The van der Waals surface area contributed by atoms with Gasteiger partial charge in [-0.05, 0) is 84.7 Å². The number of benzene rings is 2. The number of rotatable bonds is 4. The maximum Gasteiger partial charge on any atom is 0.272 e. The Balaban J connectivity index is 1.56. The van der Waals surface area contributed by atoms with E-state index in [1.54, 1.807) is 23.9 Å². The highest BCUT2D eigenvalue weighted by Crippen LogP contribution is 2.52. The third-order valence-electron chi connectivity index (χ3n) is 7.06. The molecule has 172 valence electrons. The molecule has 1 saturated carbocycles. The van der Waals surface area contributed by atoms with Crippen molar-refractivity contribution in [2.45, 2.75) is 46.1 Å². The Kier molecular flexibility index (Phi) is 5.07. The Morgan fingerprint density at radius 2 is 1.76 bits per heavy atom. The summed E-state index contributed by atoms with van der Waals surface area (Å²) in [5.41, 5.74) is 3.08. The summed E-state index contributed by atoms with van der Waals surface area (Å²) in [6, 6.07) is 15.8. The molecule has 2 aromatic carbocycles. The SMILES string of the molecule is COc1ccc(-n2nc(-c3ccc(F)cc3)cc2C(=O)N2CC3(C)CC2CC(C)(C)C3)cc1. The van der Waals surface area contributed by atoms with E-state index in [1.165, 1.54) is 12.1 Å². The van der Waals surface area contributed by atoms with Gasteiger partial charge in [0, 0.05) is 18.2 Å². The van der Waals surface area contributed by atoms with Crippen LogP contribution >= 0.6 is 0 Å². The number of amides is 1. The molecule has 2 atom stereocenters. The van der Waals surface area contributed by atoms with Gasteiger partial charge in [0.1, 0.15) is 17.3 Å². The lowest BCUT2D eigenvalue weighted by Crippen LogP contribution is -2.38. The highest BCUT2D eigenvalue weighted by molar-refractivity contribution is 5.95. The van der Waals surface area contributed by atoms with E-state index in [9.17, 15) is 9.18 Å². The number of hydrogen-bond acceptors (Lipinski definition) is 3. The molecule has 2 bridgehead atoms. The van der Waals surface area contributed by atoms with Gasteiger partial charge in [-0.15, -0.1) is 0 Å². The largest absolute Gasteiger partial charge is 0.497 e. The number of ether oxygens (including phenoxy) is 1. The van der Waals surface area contributed by atoms with Gasteiger partial charge in [-0.25, -0.2) is 9.07 Å². The van der Waals surface area contributed by atoms with Crippen molar-refractivity contribution in [2.24, 2.45) is 10.8 Å². The van der Waals surface area contributed by atoms with E-state index in [-0.39, 0.29) is 28.6 Å². The zero-order valence-electron chi connectivity index (χ0n) is 19.6. The van der Waals surface area contributed by atoms with Crippen LogP contribution in [0.3, 0.4) is 0 Å². The molecule has 1 saturated heterocycles. The number of methoxy groups -OCH3 is 1. The third kappa shape index (κ3) is 4.03. The first kappa shape index (κ1) is 21.7. The van der Waals surface area contributed by atoms with Crippen LogP contribution in [0.25, 0.3) is 16.9 Å². The van der Waals surface area contributed by atoms with Crippen molar-refractivity contribution in [3.63, 3.8) is 0 Å². The van der Waals surface area contributed by atoms with Gasteiger partial charge in [0.2, 0.25) is 0 Å². The molecule has 3 aromatic rings. The van der Waals surface area contributed by atoms with E-state index in [0.29, 0.717) is 11.4 Å². The van der Waals surface area contributed by atoms with Crippen LogP contribution < -0.4 is 4.74 Å². The molecule has 33 heavy (non-hydrogen) atoms. The lowest BCUT2D eigenvalue weighted by atomic mass is 9.65. The molecule has 1 aromatic heterocycles. The van der Waals surface area contributed by atoms with Gasteiger partial charge in [0.25, 0.3) is 5.91 Å². The Labute approximate surface area is 194 Å². The van der Waals surface area contributed by atoms with Crippen molar-refractivity contribution in [1.82, 2.24) is 14.7 Å². The highest BCUT2D eigenvalue weighted by atomic mass is 19.1. The van der Waals surface area contributed by atoms with E-state index in [1.807, 2.05) is 30.3 Å². The standard InChI is InChI=1S/C27H30FN3O2/c1-26(2)14-21-15-27(3,16-26)17-30(21)25(32)24-13-23(18-5-7-19(28)8-6-18)29-31(24)20-9-11-22(33-4)12-10-20/h5-13,21H,14-17H2,1-4H3. The number of nitrogens with zero attached hydrogens (tertiary/aromatic N) is 3. The Hall–Kier alpha value is -3.15. The van der Waals surface area contributed by atoms with Gasteiger partial charge in [-0.1, -0.05) is 20.8 Å². The van der Waals surface area contributed by atoms with Crippen LogP contribution in [0.15, 0.2) is 54.6 Å². The summed E-state index contributed by atoms with van der Waals surface area (Å²) >= 11 is 0. The van der Waals surface area contributed by atoms with Crippen LogP contribution in [0.5, 0.6) is 5.75 Å². The average Bonchev–Trinajstić information content (AvgIpc) is 3.32. The number of halogens is 1. The minimum absolute atomic E-state index is 0.00175. The smallest absolute Gasteiger partial charge is 0.272 e. The molecule has 2 heterocycles. The normalized spacial score (nSPS) is 23.5. The molecule has 2 aliphatic rings. The summed E-state index contributed by atoms with van der Waals surface area (Å²) in [7, 11) is 1.62. The van der Waals surface area contributed by atoms with Crippen LogP contribution in [0, 0.1) is 16.6 Å². The molecule has 1 amide bonds. The molecule has 1 aliphatic carbocycles. The molecule has 0 radical (unpaired) electrons. The Morgan fingerprint density at radius 3 is 2.42 bits per heavy atom. The molecular weight excluding hydrogens is 417 g/mol. The second kappa shape index (κ2) is 7.72. The van der Waals surface area contributed by atoms with Gasteiger partial charge in [-0.3, -0.25) is 4.79 Å². The quantitative estimate of drug-likeness (QED) is 0.513. The molecule has 2 unspecified atom stereocenters. The fourth-order valence-electron chi connectivity index (χ4n) is 6.06. The van der Waals surface area contributed by atoms with E-state index >= 15 is 0 Å². The zero-order valence-corrected chi connectivity index (χ0v) is 19.6. The van der Waals surface area contributed by atoms with Crippen LogP contribution in [0.4, 0.5) is 4.39 Å². The fraction of sp³-hybridized carbons (Fsp3) is 0.407. The Bertz CT molecular complexity index is 1180. The van der Waals surface area contributed by atoms with Gasteiger partial charge < -0.3 is 9.64 Å². The number of aromatic nitrogens is 2. The van der Waals surface area contributed by atoms with Gasteiger partial charge in [-0.2, -0.15) is 5.10 Å². The highest BCUT2D eigenvalue weighted by Gasteiger charge is 2.51. The predicted molar refractivity (Wildman–Crippen MR) is 126 cm³/mol. The lowest BCUT2D eigenvalue weighted by Gasteiger charge is -2.39. The second-order valence-corrected chi connectivity index (χ2v) is 10.7. The number of carbonyl (C=O) groups is 1. The number of likely N-dealkylation sites (tertiary alicyclic amines) is 1. The lowest BCUT2D eigenvalue weighted by molar-refractivity contribution is 0.0699. The summed E-state index contributed by atoms with van der Waals surface area (Å²) in [5.74, 6) is 0.434. The van der Waals surface area contributed by atoms with E-state index in [0.717, 1.165) is 42.8 Å². The number of hydrogen-bond donors (Lipinski definition) is 0. The summed E-state index contributed by atoms with van der Waals surface area (Å²) < 4.78 is 20.5. The molecular formula is C27H30FN3O2. The van der Waals surface area contributed by atoms with E-state index in [4.69, 9.17) is 9.84 Å². The van der Waals surface area contributed by atoms with Crippen molar-refractivity contribution >= 4 is 5.91 Å². The van der Waals surface area contributed by atoms with Crippen LogP contribution in [0.2, 0.25) is 0 Å². The van der Waals surface area contributed by atoms with Gasteiger partial charge in [0.05, 0.1) is 18.5 Å². The third-order valence-corrected chi connectivity index (χ3v) is 7.06. The topological polar surface area (TPSA) is 47.4 Å². The van der Waals surface area contributed by atoms with E-state index < -0.39 is 0 Å². The maximum atomic E-state index is 13.9. The average molecular weight is 448 g/mol.